The van der Waals surface area contributed by atoms with Crippen molar-refractivity contribution in [2.45, 2.75) is 26.1 Å². The zero-order valence-electron chi connectivity index (χ0n) is 7.63. The van der Waals surface area contributed by atoms with E-state index in [-0.39, 0.29) is 39.8 Å². The fourth-order valence-corrected chi connectivity index (χ4v) is 1.75. The summed E-state index contributed by atoms with van der Waals surface area (Å²) in [5.41, 5.74) is 0. The molecule has 0 aliphatic heterocycles. The highest BCUT2D eigenvalue weighted by Gasteiger charge is 2.21. The molecule has 0 radical (unpaired) electrons. The maximum absolute atomic E-state index is 5.40. The number of hydrogen-bond acceptors (Lipinski definition) is 2. The van der Waals surface area contributed by atoms with Crippen LogP contribution in [0.15, 0.2) is 0 Å². The van der Waals surface area contributed by atoms with E-state index < -0.39 is 0 Å². The first-order valence-corrected chi connectivity index (χ1v) is 5.37. The smallest absolute Gasteiger partial charge is 0.155 e. The van der Waals surface area contributed by atoms with Crippen molar-refractivity contribution in [2.75, 3.05) is 11.9 Å². The van der Waals surface area contributed by atoms with E-state index in [0.29, 0.717) is 6.61 Å². The Labute approximate surface area is 107 Å². The van der Waals surface area contributed by atoms with Crippen molar-refractivity contribution in [3.8, 4) is 0 Å². The first-order chi connectivity index (χ1) is 4.68. The highest BCUT2D eigenvalue weighted by atomic mass is 79.9. The summed E-state index contributed by atoms with van der Waals surface area (Å²) in [6.07, 6.45) is 0.907. The molecule has 0 N–H and O–H groups in total. The van der Waals surface area contributed by atoms with Crippen LogP contribution in [0.4, 0.5) is 0 Å². The molecule has 12 heavy (non-hydrogen) atoms. The third-order valence-electron chi connectivity index (χ3n) is 1.43. The summed E-state index contributed by atoms with van der Waals surface area (Å²) in [5, 5.41) is 0.922. The molecule has 0 amide bonds. The van der Waals surface area contributed by atoms with E-state index in [9.17, 15) is 0 Å². The molecular weight excluding hydrogens is 372 g/mol. The predicted octanol–water partition coefficient (Wildman–Crippen LogP) is 1.98. The summed E-state index contributed by atoms with van der Waals surface area (Å²) in [7, 11) is 0.729. The Morgan fingerprint density at radius 1 is 1.42 bits per heavy atom. The van der Waals surface area contributed by atoms with Crippen LogP contribution < -0.4 is 0 Å². The van der Waals surface area contributed by atoms with Gasteiger partial charge in [0, 0.05) is 18.4 Å². The number of ether oxygens (including phenoxy) is 1. The average molecular weight is 389 g/mol. The van der Waals surface area contributed by atoms with E-state index in [0.717, 1.165) is 22.2 Å². The van der Waals surface area contributed by atoms with Gasteiger partial charge in [-0.05, 0) is 13.8 Å². The lowest BCUT2D eigenvalue weighted by Gasteiger charge is -2.27. The van der Waals surface area contributed by atoms with Gasteiger partial charge >= 0.3 is 0 Å². The van der Waals surface area contributed by atoms with Gasteiger partial charge in [0.05, 0.1) is 0 Å². The van der Waals surface area contributed by atoms with E-state index in [2.05, 4.69) is 15.9 Å². The highest BCUT2D eigenvalue weighted by Crippen LogP contribution is 2.16. The quantitative estimate of drug-likeness (QED) is 0.407. The van der Waals surface area contributed by atoms with E-state index >= 15 is 0 Å². The minimum atomic E-state index is -0.343. The van der Waals surface area contributed by atoms with Gasteiger partial charge in [-0.15, -0.1) is 34.0 Å². The third-order valence-corrected chi connectivity index (χ3v) is 2.69. The summed E-state index contributed by atoms with van der Waals surface area (Å²) in [4.78, 5) is 0. The molecule has 0 heterocycles. The topological polar surface area (TPSA) is 18.5 Å². The second-order valence-electron chi connectivity index (χ2n) is 2.21. The monoisotopic (exact) mass is 386 g/mol. The van der Waals surface area contributed by atoms with Crippen LogP contribution in [-0.2, 0) is 9.16 Å². The van der Waals surface area contributed by atoms with E-state index in [1.54, 1.807) is 0 Å². The van der Waals surface area contributed by atoms with Gasteiger partial charge in [0.2, 0.25) is 0 Å². The molecular formula is C6H17Br3O2Si. The Bertz CT molecular complexity index is 88.9. The van der Waals surface area contributed by atoms with Gasteiger partial charge in [-0.1, -0.05) is 15.9 Å². The lowest BCUT2D eigenvalue weighted by molar-refractivity contribution is -0.165. The zero-order chi connectivity index (χ0) is 8.04. The van der Waals surface area contributed by atoms with Crippen molar-refractivity contribution in [3.05, 3.63) is 0 Å². The Morgan fingerprint density at radius 3 is 2.17 bits per heavy atom. The molecule has 78 valence electrons. The summed E-state index contributed by atoms with van der Waals surface area (Å²) in [6.45, 7) is 4.67. The Kier molecular flexibility index (Phi) is 17.0. The van der Waals surface area contributed by atoms with Gasteiger partial charge in [-0.25, -0.2) is 0 Å². The van der Waals surface area contributed by atoms with Crippen LogP contribution >= 0.6 is 49.9 Å². The maximum Gasteiger partial charge on any atom is 0.155 e. The van der Waals surface area contributed by atoms with Crippen LogP contribution in [0.5, 0.6) is 0 Å². The number of hydrogen-bond donors (Lipinski definition) is 0. The molecule has 0 spiro atoms. The van der Waals surface area contributed by atoms with Crippen molar-refractivity contribution < 1.29 is 9.16 Å². The molecule has 0 bridgehead atoms. The van der Waals surface area contributed by atoms with Crippen LogP contribution in [-0.4, -0.2) is 28.2 Å². The van der Waals surface area contributed by atoms with Crippen molar-refractivity contribution in [1.29, 1.82) is 0 Å². The molecule has 0 saturated heterocycles. The standard InChI is InChI=1S/C6H15BrO2Si.2BrH/c1-3-8-6(2,9-10)4-5-7;;/h3-5H2,1-2,10H3;2*1H. The normalized spacial score (nSPS) is 14.2. The third kappa shape index (κ3) is 8.19. The Morgan fingerprint density at radius 2 is 1.92 bits per heavy atom. The molecule has 0 fully saturated rings. The van der Waals surface area contributed by atoms with E-state index in [1.807, 2.05) is 13.8 Å². The Balaban J connectivity index is -0.000000405. The fraction of sp³-hybridized carbons (Fsp3) is 1.00. The molecule has 6 heteroatoms. The van der Waals surface area contributed by atoms with Crippen LogP contribution in [0.1, 0.15) is 20.3 Å². The second kappa shape index (κ2) is 10.7. The van der Waals surface area contributed by atoms with Crippen LogP contribution in [0.25, 0.3) is 0 Å². The van der Waals surface area contributed by atoms with Crippen LogP contribution in [0.2, 0.25) is 0 Å². The number of rotatable bonds is 5. The van der Waals surface area contributed by atoms with Gasteiger partial charge in [0.15, 0.2) is 5.79 Å². The summed E-state index contributed by atoms with van der Waals surface area (Å²) < 4.78 is 10.7. The number of halogens is 3. The van der Waals surface area contributed by atoms with Crippen LogP contribution in [0, 0.1) is 0 Å². The highest BCUT2D eigenvalue weighted by molar-refractivity contribution is 9.09. The van der Waals surface area contributed by atoms with Gasteiger partial charge in [0.25, 0.3) is 0 Å². The Hall–Kier alpha value is 1.58. The molecule has 0 saturated carbocycles. The van der Waals surface area contributed by atoms with Gasteiger partial charge in [0.1, 0.15) is 10.5 Å². The summed E-state index contributed by atoms with van der Waals surface area (Å²) in [5.74, 6) is -0.343. The first kappa shape index (κ1) is 19.2. The van der Waals surface area contributed by atoms with Crippen molar-refractivity contribution in [1.82, 2.24) is 0 Å². The van der Waals surface area contributed by atoms with Gasteiger partial charge < -0.3 is 9.16 Å². The molecule has 2 nitrogen and oxygen atoms in total. The van der Waals surface area contributed by atoms with E-state index in [1.165, 1.54) is 0 Å². The predicted molar refractivity (Wildman–Crippen MR) is 70.1 cm³/mol. The van der Waals surface area contributed by atoms with Gasteiger partial charge in [-0.3, -0.25) is 0 Å². The minimum Gasteiger partial charge on any atom is -0.402 e. The molecule has 1 unspecified atom stereocenters. The molecule has 0 rings (SSSR count). The molecule has 0 aromatic heterocycles. The molecule has 0 aliphatic carbocycles. The van der Waals surface area contributed by atoms with Crippen LogP contribution in [0.3, 0.4) is 0 Å². The zero-order valence-corrected chi connectivity index (χ0v) is 14.6. The summed E-state index contributed by atoms with van der Waals surface area (Å²) in [6, 6.07) is 0. The largest absolute Gasteiger partial charge is 0.402 e. The summed E-state index contributed by atoms with van der Waals surface area (Å²) >= 11 is 3.35. The number of alkyl halides is 1. The van der Waals surface area contributed by atoms with E-state index in [4.69, 9.17) is 9.16 Å². The first-order valence-electron chi connectivity index (χ1n) is 3.43. The van der Waals surface area contributed by atoms with Crippen molar-refractivity contribution in [2.24, 2.45) is 0 Å². The molecule has 0 aliphatic rings. The second-order valence-corrected chi connectivity index (χ2v) is 3.41. The van der Waals surface area contributed by atoms with Crippen molar-refractivity contribution >= 4 is 60.4 Å². The molecule has 0 aromatic carbocycles. The molecule has 1 atom stereocenters. The lowest BCUT2D eigenvalue weighted by atomic mass is 10.2. The molecule has 0 aromatic rings. The minimum absolute atomic E-state index is 0. The SMILES string of the molecule is Br.Br.CCOC(C)(CCBr)O[SiH3]. The lowest BCUT2D eigenvalue weighted by Crippen LogP contribution is -2.31. The average Bonchev–Trinajstić information content (AvgIpc) is 1.89. The van der Waals surface area contributed by atoms with Gasteiger partial charge in [-0.2, -0.15) is 0 Å². The maximum atomic E-state index is 5.40. The fourth-order valence-electron chi connectivity index (χ4n) is 0.710. The van der Waals surface area contributed by atoms with Crippen molar-refractivity contribution in [3.63, 3.8) is 0 Å².